The topological polar surface area (TPSA) is 90.0 Å². The molecule has 8 nitrogen and oxygen atoms in total. The number of carbonyl (C=O) groups is 1. The average Bonchev–Trinajstić information content (AvgIpc) is 3.13. The molecule has 2 aromatic heterocycles. The summed E-state index contributed by atoms with van der Waals surface area (Å²) in [6.07, 6.45) is 1.59. The quantitative estimate of drug-likeness (QED) is 0.655. The molecule has 1 amide bonds. The van der Waals surface area contributed by atoms with Crippen LogP contribution in [-0.2, 0) is 4.79 Å². The fourth-order valence-electron chi connectivity index (χ4n) is 3.53. The van der Waals surface area contributed by atoms with Gasteiger partial charge in [0.2, 0.25) is 11.2 Å². The normalized spacial score (nSPS) is 15.2. The molecule has 146 valence electrons. The van der Waals surface area contributed by atoms with Crippen molar-refractivity contribution < 1.29 is 4.79 Å². The maximum Gasteiger partial charge on any atom is 0.238 e. The monoisotopic (exact) mass is 399 g/mol. The Balaban J connectivity index is 1.38. The van der Waals surface area contributed by atoms with Crippen molar-refractivity contribution in [3.63, 3.8) is 0 Å². The van der Waals surface area contributed by atoms with Crippen molar-refractivity contribution in [3.8, 4) is 0 Å². The first-order chi connectivity index (χ1) is 13.5. The molecule has 0 saturated carbocycles. The zero-order valence-corrected chi connectivity index (χ0v) is 16.6. The number of hydrogen-bond acceptors (Lipinski definition) is 6. The second kappa shape index (κ2) is 7.73. The Hall–Kier alpha value is -2.71. The van der Waals surface area contributed by atoms with Crippen molar-refractivity contribution in [2.75, 3.05) is 42.9 Å². The van der Waals surface area contributed by atoms with Crippen LogP contribution in [0.5, 0.6) is 0 Å². The van der Waals surface area contributed by atoms with Gasteiger partial charge in [0.15, 0.2) is 11.5 Å². The van der Waals surface area contributed by atoms with E-state index in [1.54, 1.807) is 6.33 Å². The first-order valence-electron chi connectivity index (χ1n) is 9.21. The number of nitrogens with zero attached hydrogens (tertiary/aromatic N) is 5. The maximum atomic E-state index is 12.5. The standard InChI is InChI=1S/C19H22ClN7O/c1-12-4-3-5-13(2)15(12)23-14(28)10-26-6-8-27(9-7-26)18-16-17(22-11-21-16)24-19(20)25-18/h3-5,11H,6-10H2,1-2H3,(H,23,28)(H,21,22,24,25). The number of hydrogen-bond donors (Lipinski definition) is 2. The summed E-state index contributed by atoms with van der Waals surface area (Å²) < 4.78 is 0. The Bertz CT molecular complexity index is 990. The number of aryl methyl sites for hydroxylation is 2. The molecule has 1 aromatic carbocycles. The van der Waals surface area contributed by atoms with Gasteiger partial charge in [0.05, 0.1) is 12.9 Å². The molecule has 0 atom stereocenters. The van der Waals surface area contributed by atoms with E-state index in [1.807, 2.05) is 32.0 Å². The minimum absolute atomic E-state index is 0.00638. The smallest absolute Gasteiger partial charge is 0.238 e. The number of piperazine rings is 1. The Morgan fingerprint density at radius 3 is 2.61 bits per heavy atom. The first kappa shape index (κ1) is 18.6. The van der Waals surface area contributed by atoms with Crippen LogP contribution >= 0.6 is 11.6 Å². The summed E-state index contributed by atoms with van der Waals surface area (Å²) in [4.78, 5) is 32.5. The highest BCUT2D eigenvalue weighted by Gasteiger charge is 2.23. The van der Waals surface area contributed by atoms with E-state index in [0.29, 0.717) is 12.2 Å². The highest BCUT2D eigenvalue weighted by molar-refractivity contribution is 6.28. The van der Waals surface area contributed by atoms with Crippen LogP contribution in [0.4, 0.5) is 11.5 Å². The average molecular weight is 400 g/mol. The highest BCUT2D eigenvalue weighted by Crippen LogP contribution is 2.24. The number of aromatic amines is 1. The van der Waals surface area contributed by atoms with E-state index >= 15 is 0 Å². The third kappa shape index (κ3) is 3.79. The van der Waals surface area contributed by atoms with Gasteiger partial charge in [0.1, 0.15) is 5.52 Å². The van der Waals surface area contributed by atoms with Gasteiger partial charge >= 0.3 is 0 Å². The summed E-state index contributed by atoms with van der Waals surface area (Å²) >= 11 is 6.03. The lowest BCUT2D eigenvalue weighted by molar-refractivity contribution is -0.117. The molecule has 4 rings (SSSR count). The van der Waals surface area contributed by atoms with E-state index in [-0.39, 0.29) is 11.2 Å². The van der Waals surface area contributed by atoms with Crippen LogP contribution in [0.3, 0.4) is 0 Å². The number of anilines is 2. The van der Waals surface area contributed by atoms with Crippen LogP contribution < -0.4 is 10.2 Å². The van der Waals surface area contributed by atoms with E-state index in [2.05, 4.69) is 35.1 Å². The van der Waals surface area contributed by atoms with E-state index in [4.69, 9.17) is 11.6 Å². The molecule has 1 aliphatic heterocycles. The lowest BCUT2D eigenvalue weighted by Gasteiger charge is -2.35. The number of carbonyl (C=O) groups excluding carboxylic acids is 1. The lowest BCUT2D eigenvalue weighted by Crippen LogP contribution is -2.49. The summed E-state index contributed by atoms with van der Waals surface area (Å²) in [7, 11) is 0. The summed E-state index contributed by atoms with van der Waals surface area (Å²) in [6.45, 7) is 7.39. The summed E-state index contributed by atoms with van der Waals surface area (Å²) in [5, 5.41) is 3.24. The van der Waals surface area contributed by atoms with Gasteiger partial charge in [-0.15, -0.1) is 0 Å². The molecule has 2 N–H and O–H groups in total. The van der Waals surface area contributed by atoms with E-state index in [0.717, 1.165) is 54.3 Å². The fourth-order valence-corrected chi connectivity index (χ4v) is 3.69. The zero-order chi connectivity index (χ0) is 19.7. The number of fused-ring (bicyclic) bond motifs is 1. The van der Waals surface area contributed by atoms with Gasteiger partial charge in [0, 0.05) is 31.9 Å². The van der Waals surface area contributed by atoms with Crippen LogP contribution in [0.15, 0.2) is 24.5 Å². The number of amides is 1. The number of rotatable bonds is 4. The minimum Gasteiger partial charge on any atom is -0.352 e. The van der Waals surface area contributed by atoms with E-state index in [9.17, 15) is 4.79 Å². The summed E-state index contributed by atoms with van der Waals surface area (Å²) in [5.74, 6) is 0.763. The first-order valence-corrected chi connectivity index (χ1v) is 9.59. The number of halogens is 1. The van der Waals surface area contributed by atoms with Crippen molar-refractivity contribution in [1.29, 1.82) is 0 Å². The van der Waals surface area contributed by atoms with Crippen LogP contribution in [0.1, 0.15) is 11.1 Å². The van der Waals surface area contributed by atoms with Gasteiger partial charge in [-0.25, -0.2) is 4.98 Å². The molecule has 28 heavy (non-hydrogen) atoms. The number of H-pyrrole nitrogens is 1. The number of para-hydroxylation sites is 1. The Labute approximate surface area is 167 Å². The number of imidazole rings is 1. The van der Waals surface area contributed by atoms with Gasteiger partial charge in [0.25, 0.3) is 0 Å². The molecule has 0 spiro atoms. The Kier molecular flexibility index (Phi) is 5.15. The van der Waals surface area contributed by atoms with Crippen LogP contribution in [-0.4, -0.2) is 63.5 Å². The SMILES string of the molecule is Cc1cccc(C)c1NC(=O)CN1CCN(c2nc(Cl)nc3nc[nH]c23)CC1. The summed E-state index contributed by atoms with van der Waals surface area (Å²) in [5.41, 5.74) is 4.39. The van der Waals surface area contributed by atoms with Gasteiger partial charge in [-0.3, -0.25) is 9.69 Å². The molecule has 3 aromatic rings. The predicted molar refractivity (Wildman–Crippen MR) is 110 cm³/mol. The molecular weight excluding hydrogens is 378 g/mol. The van der Waals surface area contributed by atoms with E-state index < -0.39 is 0 Å². The second-order valence-corrected chi connectivity index (χ2v) is 7.33. The van der Waals surface area contributed by atoms with Crippen molar-refractivity contribution in [2.24, 2.45) is 0 Å². The van der Waals surface area contributed by atoms with Crippen molar-refractivity contribution in [3.05, 3.63) is 40.9 Å². The minimum atomic E-state index is 0.00638. The third-order valence-electron chi connectivity index (χ3n) is 5.02. The van der Waals surface area contributed by atoms with Crippen LogP contribution in [0.2, 0.25) is 5.28 Å². The van der Waals surface area contributed by atoms with Crippen LogP contribution in [0, 0.1) is 13.8 Å². The van der Waals surface area contributed by atoms with Gasteiger partial charge < -0.3 is 15.2 Å². The van der Waals surface area contributed by atoms with Gasteiger partial charge in [-0.1, -0.05) is 18.2 Å². The predicted octanol–water partition coefficient (Wildman–Crippen LogP) is 2.38. The third-order valence-corrected chi connectivity index (χ3v) is 5.19. The van der Waals surface area contributed by atoms with Crippen molar-refractivity contribution in [2.45, 2.75) is 13.8 Å². The Morgan fingerprint density at radius 2 is 1.89 bits per heavy atom. The Morgan fingerprint density at radius 1 is 1.18 bits per heavy atom. The lowest BCUT2D eigenvalue weighted by atomic mass is 10.1. The second-order valence-electron chi connectivity index (χ2n) is 7.00. The molecular formula is C19H22ClN7O. The van der Waals surface area contributed by atoms with Gasteiger partial charge in [-0.05, 0) is 36.6 Å². The van der Waals surface area contributed by atoms with Crippen molar-refractivity contribution in [1.82, 2.24) is 24.8 Å². The number of aromatic nitrogens is 4. The van der Waals surface area contributed by atoms with E-state index in [1.165, 1.54) is 0 Å². The fraction of sp³-hybridized carbons (Fsp3) is 0.368. The molecule has 1 aliphatic rings. The largest absolute Gasteiger partial charge is 0.352 e. The van der Waals surface area contributed by atoms with Gasteiger partial charge in [-0.2, -0.15) is 9.97 Å². The molecule has 0 aliphatic carbocycles. The zero-order valence-electron chi connectivity index (χ0n) is 15.9. The molecule has 3 heterocycles. The van der Waals surface area contributed by atoms with Crippen LogP contribution in [0.25, 0.3) is 11.2 Å². The molecule has 1 saturated heterocycles. The number of nitrogens with one attached hydrogen (secondary N) is 2. The maximum absolute atomic E-state index is 12.5. The molecule has 0 bridgehead atoms. The summed E-state index contributed by atoms with van der Waals surface area (Å²) in [6, 6.07) is 6.00. The molecule has 0 unspecified atom stereocenters. The molecule has 0 radical (unpaired) electrons. The number of benzene rings is 1. The molecule has 9 heteroatoms. The molecule has 1 fully saturated rings. The van der Waals surface area contributed by atoms with Crippen molar-refractivity contribution >= 4 is 40.2 Å². The highest BCUT2D eigenvalue weighted by atomic mass is 35.5.